The molecule has 2 rings (SSSR count). The fraction of sp³-hybridized carbons (Fsp3) is 0.300. The van der Waals surface area contributed by atoms with E-state index >= 15 is 0 Å². The van der Waals surface area contributed by atoms with Gasteiger partial charge in [0.05, 0.1) is 18.1 Å². The number of hydrogen-bond donors (Lipinski definition) is 1. The minimum atomic E-state index is -0.264. The number of nitrogens with one attached hydrogen (secondary N) is 1. The average molecular weight is 391 g/mol. The summed E-state index contributed by atoms with van der Waals surface area (Å²) >= 11 is 7.32. The van der Waals surface area contributed by atoms with Crippen molar-refractivity contribution in [1.82, 2.24) is 5.43 Å². The van der Waals surface area contributed by atoms with E-state index in [1.807, 2.05) is 43.3 Å². The molecule has 0 aromatic heterocycles. The number of hydrogen-bond acceptors (Lipinski definition) is 4. The molecule has 26 heavy (non-hydrogen) atoms. The number of ether oxygens (including phenoxy) is 1. The maximum atomic E-state index is 12.1. The van der Waals surface area contributed by atoms with Crippen LogP contribution in [0.5, 0.6) is 5.75 Å². The van der Waals surface area contributed by atoms with E-state index in [-0.39, 0.29) is 11.2 Å². The van der Waals surface area contributed by atoms with Crippen LogP contribution in [0.1, 0.15) is 26.3 Å². The van der Waals surface area contributed by atoms with Crippen molar-refractivity contribution in [2.45, 2.75) is 30.9 Å². The van der Waals surface area contributed by atoms with Gasteiger partial charge in [-0.2, -0.15) is 5.10 Å². The van der Waals surface area contributed by atoms with Crippen molar-refractivity contribution >= 4 is 35.5 Å². The summed E-state index contributed by atoms with van der Waals surface area (Å²) in [5, 5.41) is 4.44. The third kappa shape index (κ3) is 7.10. The molecular weight excluding hydrogens is 368 g/mol. The van der Waals surface area contributed by atoms with Crippen LogP contribution in [0, 0.1) is 5.92 Å². The normalized spacial score (nSPS) is 12.3. The molecule has 1 N–H and O–H groups in total. The van der Waals surface area contributed by atoms with Gasteiger partial charge in [0.1, 0.15) is 5.75 Å². The van der Waals surface area contributed by atoms with Crippen LogP contribution in [0.3, 0.4) is 0 Å². The Morgan fingerprint density at radius 2 is 1.81 bits per heavy atom. The van der Waals surface area contributed by atoms with Crippen LogP contribution in [-0.4, -0.2) is 24.0 Å². The minimum absolute atomic E-state index is 0.155. The highest BCUT2D eigenvalue weighted by atomic mass is 35.5. The third-order valence-electron chi connectivity index (χ3n) is 3.35. The quantitative estimate of drug-likeness (QED) is 0.391. The van der Waals surface area contributed by atoms with Gasteiger partial charge in [-0.05, 0) is 66.9 Å². The van der Waals surface area contributed by atoms with Crippen LogP contribution < -0.4 is 10.2 Å². The van der Waals surface area contributed by atoms with Gasteiger partial charge in [-0.1, -0.05) is 25.4 Å². The number of rotatable bonds is 8. The van der Waals surface area contributed by atoms with Gasteiger partial charge in [0.15, 0.2) is 0 Å². The second-order valence-electron chi connectivity index (χ2n) is 6.22. The van der Waals surface area contributed by atoms with E-state index in [4.69, 9.17) is 16.3 Å². The number of carbonyl (C=O) groups is 1. The lowest BCUT2D eigenvalue weighted by Crippen LogP contribution is -2.26. The second-order valence-corrected chi connectivity index (χ2v) is 8.07. The molecule has 2 aromatic carbocycles. The average Bonchev–Trinajstić information content (AvgIpc) is 2.62. The Morgan fingerprint density at radius 3 is 2.42 bits per heavy atom. The summed E-state index contributed by atoms with van der Waals surface area (Å²) in [7, 11) is 0. The number of hydrazone groups is 1. The zero-order chi connectivity index (χ0) is 18.9. The maximum absolute atomic E-state index is 12.1. The highest BCUT2D eigenvalue weighted by molar-refractivity contribution is 8.00. The lowest BCUT2D eigenvalue weighted by molar-refractivity contribution is -0.120. The molecule has 0 aliphatic carbocycles. The van der Waals surface area contributed by atoms with Crippen molar-refractivity contribution in [3.05, 3.63) is 59.1 Å². The molecule has 0 aliphatic heterocycles. The van der Waals surface area contributed by atoms with Crippen LogP contribution in [0.25, 0.3) is 0 Å². The van der Waals surface area contributed by atoms with Gasteiger partial charge in [0.2, 0.25) is 0 Å². The van der Waals surface area contributed by atoms with E-state index < -0.39 is 0 Å². The molecular formula is C20H23ClN2O2S. The number of thioether (sulfide) groups is 1. The van der Waals surface area contributed by atoms with Gasteiger partial charge in [0.25, 0.3) is 5.91 Å². The molecule has 0 aliphatic rings. The van der Waals surface area contributed by atoms with Crippen LogP contribution in [0.2, 0.25) is 5.02 Å². The molecule has 0 spiro atoms. The molecule has 2 aromatic rings. The molecule has 0 saturated heterocycles. The van der Waals surface area contributed by atoms with E-state index in [2.05, 4.69) is 24.4 Å². The Bertz CT molecular complexity index is 730. The Hall–Kier alpha value is -1.98. The second kappa shape index (κ2) is 10.2. The molecule has 0 unspecified atom stereocenters. The SMILES string of the molecule is CC(C)COc1ccc(/C=N\NC(=O)[C@@H](C)Sc2ccc(Cl)cc2)cc1. The maximum Gasteiger partial charge on any atom is 0.253 e. The summed E-state index contributed by atoms with van der Waals surface area (Å²) in [6, 6.07) is 15.0. The van der Waals surface area contributed by atoms with E-state index in [0.717, 1.165) is 16.2 Å². The molecule has 0 saturated carbocycles. The molecule has 1 atom stereocenters. The molecule has 1 amide bonds. The fourth-order valence-corrected chi connectivity index (χ4v) is 2.93. The number of nitrogens with zero attached hydrogens (tertiary/aromatic N) is 1. The number of halogens is 1. The van der Waals surface area contributed by atoms with Gasteiger partial charge in [-0.15, -0.1) is 11.8 Å². The first-order valence-electron chi connectivity index (χ1n) is 8.42. The van der Waals surface area contributed by atoms with Gasteiger partial charge in [-0.3, -0.25) is 4.79 Å². The zero-order valence-corrected chi connectivity index (χ0v) is 16.7. The summed E-state index contributed by atoms with van der Waals surface area (Å²) in [4.78, 5) is 13.1. The lowest BCUT2D eigenvalue weighted by atomic mass is 10.2. The largest absolute Gasteiger partial charge is 0.493 e. The molecule has 0 heterocycles. The predicted molar refractivity (Wildman–Crippen MR) is 109 cm³/mol. The van der Waals surface area contributed by atoms with Crippen molar-refractivity contribution < 1.29 is 9.53 Å². The number of carbonyl (C=O) groups excluding carboxylic acids is 1. The molecule has 0 radical (unpaired) electrons. The van der Waals surface area contributed by atoms with E-state index in [0.29, 0.717) is 17.5 Å². The predicted octanol–water partition coefficient (Wildman–Crippen LogP) is 5.01. The van der Waals surface area contributed by atoms with Crippen LogP contribution >= 0.6 is 23.4 Å². The number of amides is 1. The first-order valence-corrected chi connectivity index (χ1v) is 9.68. The third-order valence-corrected chi connectivity index (χ3v) is 4.71. The van der Waals surface area contributed by atoms with Crippen molar-refractivity contribution in [3.8, 4) is 5.75 Å². The zero-order valence-electron chi connectivity index (χ0n) is 15.1. The van der Waals surface area contributed by atoms with Crippen LogP contribution in [0.15, 0.2) is 58.5 Å². The van der Waals surface area contributed by atoms with Crippen LogP contribution in [-0.2, 0) is 4.79 Å². The summed E-state index contributed by atoms with van der Waals surface area (Å²) < 4.78 is 5.64. The highest BCUT2D eigenvalue weighted by Crippen LogP contribution is 2.24. The Balaban J connectivity index is 1.81. The van der Waals surface area contributed by atoms with Crippen molar-refractivity contribution in [1.29, 1.82) is 0 Å². The topological polar surface area (TPSA) is 50.7 Å². The Labute approximate surface area is 164 Å². The monoisotopic (exact) mass is 390 g/mol. The molecule has 4 nitrogen and oxygen atoms in total. The number of benzene rings is 2. The summed E-state index contributed by atoms with van der Waals surface area (Å²) in [6.45, 7) is 6.74. The Kier molecular flexibility index (Phi) is 8.01. The lowest BCUT2D eigenvalue weighted by Gasteiger charge is -2.09. The van der Waals surface area contributed by atoms with Crippen molar-refractivity contribution in [2.75, 3.05) is 6.61 Å². The van der Waals surface area contributed by atoms with Crippen molar-refractivity contribution in [2.24, 2.45) is 11.0 Å². The van der Waals surface area contributed by atoms with Crippen molar-refractivity contribution in [3.63, 3.8) is 0 Å². The summed E-state index contributed by atoms with van der Waals surface area (Å²) in [6.07, 6.45) is 1.61. The minimum Gasteiger partial charge on any atom is -0.493 e. The van der Waals surface area contributed by atoms with Gasteiger partial charge in [0, 0.05) is 9.92 Å². The molecule has 0 bridgehead atoms. The smallest absolute Gasteiger partial charge is 0.253 e. The molecule has 138 valence electrons. The van der Waals surface area contributed by atoms with E-state index in [1.165, 1.54) is 11.8 Å². The van der Waals surface area contributed by atoms with E-state index in [9.17, 15) is 4.79 Å². The first-order chi connectivity index (χ1) is 12.4. The molecule has 0 fully saturated rings. The van der Waals surface area contributed by atoms with Gasteiger partial charge >= 0.3 is 0 Å². The summed E-state index contributed by atoms with van der Waals surface area (Å²) in [5.41, 5.74) is 3.46. The van der Waals surface area contributed by atoms with E-state index in [1.54, 1.807) is 18.3 Å². The summed E-state index contributed by atoms with van der Waals surface area (Å²) in [5.74, 6) is 1.16. The highest BCUT2D eigenvalue weighted by Gasteiger charge is 2.13. The Morgan fingerprint density at radius 1 is 1.15 bits per heavy atom. The van der Waals surface area contributed by atoms with Crippen LogP contribution in [0.4, 0.5) is 0 Å². The van der Waals surface area contributed by atoms with Gasteiger partial charge < -0.3 is 4.74 Å². The first kappa shape index (κ1) is 20.3. The fourth-order valence-electron chi connectivity index (χ4n) is 1.95. The molecule has 6 heteroatoms. The van der Waals surface area contributed by atoms with Gasteiger partial charge in [-0.25, -0.2) is 5.43 Å². The standard InChI is InChI=1S/C20H23ClN2O2S/c1-14(2)13-25-18-8-4-16(5-9-18)12-22-23-20(24)15(3)26-19-10-6-17(21)7-11-19/h4-12,14-15H,13H2,1-3H3,(H,23,24)/b22-12-/t15-/m1/s1.